The Labute approximate surface area is 98.7 Å². The lowest BCUT2D eigenvalue weighted by atomic mass is 10.1. The molecule has 0 radical (unpaired) electrons. The Bertz CT molecular complexity index is 303. The Morgan fingerprint density at radius 1 is 1.31 bits per heavy atom. The highest BCUT2D eigenvalue weighted by molar-refractivity contribution is 5.38. The van der Waals surface area contributed by atoms with Crippen molar-refractivity contribution in [1.82, 2.24) is 4.98 Å². The summed E-state index contributed by atoms with van der Waals surface area (Å²) in [6, 6.07) is 4.15. The number of anilines is 1. The molecule has 3 heteroatoms. The van der Waals surface area contributed by atoms with E-state index in [1.165, 1.54) is 6.42 Å². The van der Waals surface area contributed by atoms with Crippen molar-refractivity contribution < 1.29 is 0 Å². The zero-order valence-corrected chi connectivity index (χ0v) is 10.8. The highest BCUT2D eigenvalue weighted by Gasteiger charge is 2.05. The van der Waals surface area contributed by atoms with E-state index in [2.05, 4.69) is 36.8 Å². The van der Waals surface area contributed by atoms with Gasteiger partial charge in [0.25, 0.3) is 0 Å². The van der Waals surface area contributed by atoms with Crippen molar-refractivity contribution in [1.29, 1.82) is 0 Å². The van der Waals surface area contributed by atoms with Crippen LogP contribution in [0.3, 0.4) is 0 Å². The molecule has 16 heavy (non-hydrogen) atoms. The van der Waals surface area contributed by atoms with E-state index in [4.69, 9.17) is 5.73 Å². The van der Waals surface area contributed by atoms with Gasteiger partial charge in [0.15, 0.2) is 0 Å². The minimum atomic E-state index is 0.0579. The average Bonchev–Trinajstić information content (AvgIpc) is 2.26. The highest BCUT2D eigenvalue weighted by atomic mass is 15.2. The topological polar surface area (TPSA) is 42.1 Å². The van der Waals surface area contributed by atoms with Gasteiger partial charge in [0, 0.05) is 25.8 Å². The normalized spacial score (nSPS) is 12.9. The number of hydrogen-bond acceptors (Lipinski definition) is 3. The number of rotatable bonds is 5. The van der Waals surface area contributed by atoms with Gasteiger partial charge in [0.2, 0.25) is 0 Å². The molecule has 2 N–H and O–H groups in total. The van der Waals surface area contributed by atoms with Crippen LogP contribution in [0.15, 0.2) is 18.3 Å². The van der Waals surface area contributed by atoms with Crippen LogP contribution in [-0.4, -0.2) is 18.6 Å². The third-order valence-electron chi connectivity index (χ3n) is 2.73. The van der Waals surface area contributed by atoms with E-state index in [9.17, 15) is 0 Å². The largest absolute Gasteiger partial charge is 0.360 e. The molecule has 1 rings (SSSR count). The Morgan fingerprint density at radius 2 is 2.00 bits per heavy atom. The van der Waals surface area contributed by atoms with Gasteiger partial charge < -0.3 is 10.6 Å². The molecule has 3 nitrogen and oxygen atoms in total. The lowest BCUT2D eigenvalue weighted by Gasteiger charge is -2.19. The molecule has 1 atom stereocenters. The second-order valence-corrected chi connectivity index (χ2v) is 4.84. The molecule has 0 aliphatic heterocycles. The van der Waals surface area contributed by atoms with Crippen LogP contribution in [-0.2, 0) is 0 Å². The van der Waals surface area contributed by atoms with Gasteiger partial charge in [0.1, 0.15) is 5.82 Å². The molecule has 1 aromatic heterocycles. The summed E-state index contributed by atoms with van der Waals surface area (Å²) < 4.78 is 0. The summed E-state index contributed by atoms with van der Waals surface area (Å²) >= 11 is 0. The minimum Gasteiger partial charge on any atom is -0.360 e. The van der Waals surface area contributed by atoms with Crippen molar-refractivity contribution in [3.05, 3.63) is 23.9 Å². The fourth-order valence-electron chi connectivity index (χ4n) is 1.46. The first-order chi connectivity index (χ1) is 7.50. The first kappa shape index (κ1) is 13.0. The number of nitrogens with two attached hydrogens (primary N) is 1. The van der Waals surface area contributed by atoms with Gasteiger partial charge in [-0.15, -0.1) is 0 Å². The molecule has 0 aromatic carbocycles. The van der Waals surface area contributed by atoms with Gasteiger partial charge in [-0.2, -0.15) is 0 Å². The fraction of sp³-hybridized carbons (Fsp3) is 0.615. The highest BCUT2D eigenvalue weighted by Crippen LogP contribution is 2.14. The summed E-state index contributed by atoms with van der Waals surface area (Å²) in [5, 5.41) is 0. The predicted molar refractivity (Wildman–Crippen MR) is 69.6 cm³/mol. The summed E-state index contributed by atoms with van der Waals surface area (Å²) in [5.74, 6) is 1.75. The lowest BCUT2D eigenvalue weighted by molar-refractivity contribution is 0.583. The van der Waals surface area contributed by atoms with E-state index >= 15 is 0 Å². The average molecular weight is 221 g/mol. The van der Waals surface area contributed by atoms with Crippen molar-refractivity contribution in [2.75, 3.05) is 18.5 Å². The van der Waals surface area contributed by atoms with E-state index in [0.717, 1.165) is 23.8 Å². The molecule has 1 heterocycles. The van der Waals surface area contributed by atoms with Crippen LogP contribution in [0.1, 0.15) is 38.8 Å². The van der Waals surface area contributed by atoms with Gasteiger partial charge in [0.05, 0.1) is 0 Å². The summed E-state index contributed by atoms with van der Waals surface area (Å²) in [7, 11) is 2.08. The Morgan fingerprint density at radius 3 is 2.44 bits per heavy atom. The maximum absolute atomic E-state index is 5.78. The molecule has 0 spiro atoms. The van der Waals surface area contributed by atoms with Gasteiger partial charge in [-0.1, -0.05) is 19.9 Å². The zero-order chi connectivity index (χ0) is 12.1. The maximum atomic E-state index is 5.78. The first-order valence-corrected chi connectivity index (χ1v) is 5.93. The Hall–Kier alpha value is -1.09. The van der Waals surface area contributed by atoms with Crippen LogP contribution in [0.25, 0.3) is 0 Å². The third kappa shape index (κ3) is 3.81. The predicted octanol–water partition coefficient (Wildman–Crippen LogP) is 2.58. The molecular weight excluding hydrogens is 198 g/mol. The maximum Gasteiger partial charge on any atom is 0.128 e. The molecule has 0 bridgehead atoms. The summed E-state index contributed by atoms with van der Waals surface area (Å²) in [6.45, 7) is 7.49. The van der Waals surface area contributed by atoms with Crippen molar-refractivity contribution in [2.45, 2.75) is 33.2 Å². The number of nitrogens with zero attached hydrogens (tertiary/aromatic N) is 2. The second kappa shape index (κ2) is 5.85. The zero-order valence-electron chi connectivity index (χ0n) is 10.8. The molecule has 1 aromatic rings. The van der Waals surface area contributed by atoms with E-state index in [-0.39, 0.29) is 6.04 Å². The van der Waals surface area contributed by atoms with E-state index in [1.54, 1.807) is 0 Å². The van der Waals surface area contributed by atoms with Crippen molar-refractivity contribution >= 4 is 5.82 Å². The minimum absolute atomic E-state index is 0.0579. The van der Waals surface area contributed by atoms with Crippen LogP contribution < -0.4 is 10.6 Å². The smallest absolute Gasteiger partial charge is 0.128 e. The summed E-state index contributed by atoms with van der Waals surface area (Å²) in [5.41, 5.74) is 6.87. The van der Waals surface area contributed by atoms with Crippen LogP contribution >= 0.6 is 0 Å². The monoisotopic (exact) mass is 221 g/mol. The Kier molecular flexibility index (Phi) is 4.74. The third-order valence-corrected chi connectivity index (χ3v) is 2.73. The molecule has 0 amide bonds. The molecular formula is C13H23N3. The molecule has 0 saturated carbocycles. The van der Waals surface area contributed by atoms with Crippen molar-refractivity contribution in [3.63, 3.8) is 0 Å². The summed E-state index contributed by atoms with van der Waals surface area (Å²) in [4.78, 5) is 6.61. The van der Waals surface area contributed by atoms with E-state index in [0.29, 0.717) is 0 Å². The van der Waals surface area contributed by atoms with Crippen LogP contribution in [0.5, 0.6) is 0 Å². The number of pyridine rings is 1. The van der Waals surface area contributed by atoms with Crippen molar-refractivity contribution in [3.8, 4) is 0 Å². The van der Waals surface area contributed by atoms with Gasteiger partial charge in [-0.05, 0) is 30.9 Å². The summed E-state index contributed by atoms with van der Waals surface area (Å²) in [6.07, 6.45) is 3.05. The van der Waals surface area contributed by atoms with Crippen molar-refractivity contribution in [2.24, 2.45) is 11.7 Å². The van der Waals surface area contributed by atoms with Crippen LogP contribution in [0, 0.1) is 5.92 Å². The second-order valence-electron chi connectivity index (χ2n) is 4.84. The lowest BCUT2D eigenvalue weighted by Crippen LogP contribution is -2.21. The van der Waals surface area contributed by atoms with Gasteiger partial charge in [-0.3, -0.25) is 0 Å². The van der Waals surface area contributed by atoms with E-state index in [1.807, 2.05) is 19.2 Å². The first-order valence-electron chi connectivity index (χ1n) is 5.93. The molecule has 0 fully saturated rings. The molecule has 0 aliphatic carbocycles. The van der Waals surface area contributed by atoms with Crippen LogP contribution in [0.4, 0.5) is 5.82 Å². The van der Waals surface area contributed by atoms with E-state index < -0.39 is 0 Å². The standard InChI is InChI=1S/C13H23N3/c1-10(2)7-8-16(4)13-6-5-12(9-15-13)11(3)14/h5-6,9-11H,7-8,14H2,1-4H3/t11-/m0/s1. The SMILES string of the molecule is CC(C)CCN(C)c1ccc([C@H](C)N)cn1. The number of aromatic nitrogens is 1. The molecule has 0 aliphatic rings. The fourth-order valence-corrected chi connectivity index (χ4v) is 1.46. The molecule has 0 unspecified atom stereocenters. The van der Waals surface area contributed by atoms with Gasteiger partial charge in [-0.25, -0.2) is 4.98 Å². The quantitative estimate of drug-likeness (QED) is 0.831. The number of hydrogen-bond donors (Lipinski definition) is 1. The molecule has 0 saturated heterocycles. The molecule has 90 valence electrons. The van der Waals surface area contributed by atoms with Crippen LogP contribution in [0.2, 0.25) is 0 Å². The Balaban J connectivity index is 2.59. The van der Waals surface area contributed by atoms with Gasteiger partial charge >= 0.3 is 0 Å².